The van der Waals surface area contributed by atoms with Crippen LogP contribution in [0.4, 0.5) is 0 Å². The van der Waals surface area contributed by atoms with Gasteiger partial charge in [0.1, 0.15) is 12.6 Å². The van der Waals surface area contributed by atoms with Gasteiger partial charge in [-0.15, -0.1) is 0 Å². The molecule has 0 saturated carbocycles. The monoisotopic (exact) mass is 536 g/mol. The fraction of sp³-hybridized carbons (Fsp3) is 0.500. The van der Waals surface area contributed by atoms with Crippen molar-refractivity contribution in [1.29, 1.82) is 0 Å². The lowest BCUT2D eigenvalue weighted by atomic mass is 10.3. The highest BCUT2D eigenvalue weighted by molar-refractivity contribution is 5.91. The average molecular weight is 537 g/mol. The second-order valence-electron chi connectivity index (χ2n) is 7.91. The van der Waals surface area contributed by atoms with Crippen molar-refractivity contribution >= 4 is 48.0 Å². The summed E-state index contributed by atoms with van der Waals surface area (Å²) in [6.45, 7) is 1.03. The van der Waals surface area contributed by atoms with Crippen molar-refractivity contribution in [2.45, 2.75) is 25.7 Å². The molecule has 14 heteroatoms. The molecule has 0 bridgehead atoms. The first kappa shape index (κ1) is 33.6. The zero-order chi connectivity index (χ0) is 28.8. The van der Waals surface area contributed by atoms with Gasteiger partial charge in [-0.2, -0.15) is 0 Å². The number of nitrogens with zero attached hydrogens (tertiary/aromatic N) is 2. The van der Waals surface area contributed by atoms with Crippen LogP contribution in [0.15, 0.2) is 24.3 Å². The molecule has 0 aliphatic rings. The minimum atomic E-state index is -0.398. The Kier molecular flexibility index (Phi) is 18.4. The van der Waals surface area contributed by atoms with Crippen molar-refractivity contribution in [3.63, 3.8) is 0 Å². The van der Waals surface area contributed by atoms with E-state index in [9.17, 15) is 38.4 Å². The first-order valence-electron chi connectivity index (χ1n) is 11.9. The van der Waals surface area contributed by atoms with Gasteiger partial charge < -0.3 is 31.1 Å². The van der Waals surface area contributed by atoms with Gasteiger partial charge in [0.15, 0.2) is 0 Å². The maximum atomic E-state index is 11.8. The van der Waals surface area contributed by atoms with Gasteiger partial charge in [0.25, 0.3) is 0 Å². The number of nitrogens with one attached hydrogen (secondary N) is 4. The number of likely N-dealkylation sites (N-methyl/N-ethyl adjacent to an activating group) is 2. The number of hydrogen-bond acceptors (Lipinski definition) is 8. The van der Waals surface area contributed by atoms with Crippen molar-refractivity contribution < 1.29 is 38.4 Å². The molecule has 0 spiro atoms. The lowest BCUT2D eigenvalue weighted by molar-refractivity contribution is -0.127. The molecule has 4 N–H and O–H groups in total. The molecule has 0 heterocycles. The summed E-state index contributed by atoms with van der Waals surface area (Å²) >= 11 is 0. The van der Waals surface area contributed by atoms with Crippen molar-refractivity contribution in [2.75, 3.05) is 53.4 Å². The Morgan fingerprint density at radius 2 is 0.816 bits per heavy atom. The Hall–Kier alpha value is -4.36. The first-order chi connectivity index (χ1) is 18.1. The van der Waals surface area contributed by atoms with Crippen LogP contribution in [0, 0.1) is 0 Å². The predicted molar refractivity (Wildman–Crippen MR) is 136 cm³/mol. The van der Waals surface area contributed by atoms with Crippen molar-refractivity contribution in [3.8, 4) is 0 Å². The van der Waals surface area contributed by atoms with Gasteiger partial charge in [0.2, 0.25) is 35.4 Å². The molecule has 0 aromatic rings. The summed E-state index contributed by atoms with van der Waals surface area (Å²) in [4.78, 5) is 93.4. The van der Waals surface area contributed by atoms with E-state index in [2.05, 4.69) is 21.3 Å². The smallest absolute Gasteiger partial charge is 0.246 e. The van der Waals surface area contributed by atoms with E-state index < -0.39 is 11.8 Å². The van der Waals surface area contributed by atoms with Gasteiger partial charge in [-0.25, -0.2) is 0 Å². The number of hydrogen-bond donors (Lipinski definition) is 4. The molecule has 0 aromatic carbocycles. The van der Waals surface area contributed by atoms with Crippen LogP contribution >= 0.6 is 0 Å². The first-order valence-corrected chi connectivity index (χ1v) is 11.9. The van der Waals surface area contributed by atoms with Gasteiger partial charge in [-0.3, -0.25) is 38.4 Å². The molecule has 0 radical (unpaired) electrons. The highest BCUT2D eigenvalue weighted by atomic mass is 16.2. The lowest BCUT2D eigenvalue weighted by Gasteiger charge is -2.14. The second kappa shape index (κ2) is 20.8. The average Bonchev–Trinajstić information content (AvgIpc) is 2.90. The minimum Gasteiger partial charge on any atom is -0.354 e. The van der Waals surface area contributed by atoms with Crippen LogP contribution in [0.1, 0.15) is 25.7 Å². The largest absolute Gasteiger partial charge is 0.354 e. The van der Waals surface area contributed by atoms with E-state index in [1.54, 1.807) is 0 Å². The zero-order valence-electron chi connectivity index (χ0n) is 21.7. The SMILES string of the molecule is CN(CCC(=O)NCCNC(=O)CCC(=O)NCCNC(=O)CCN(C)C(=O)/C=C\C=O)C(=O)/C=C\C=O. The molecule has 0 rings (SSSR count). The lowest BCUT2D eigenvalue weighted by Crippen LogP contribution is -2.38. The predicted octanol–water partition coefficient (Wildman–Crippen LogP) is -2.56. The number of rotatable bonds is 19. The van der Waals surface area contributed by atoms with Crippen LogP contribution in [-0.2, 0) is 38.4 Å². The summed E-state index contributed by atoms with van der Waals surface area (Å²) < 4.78 is 0. The van der Waals surface area contributed by atoms with Crippen LogP contribution < -0.4 is 21.3 Å². The van der Waals surface area contributed by atoms with Gasteiger partial charge in [0.05, 0.1) is 0 Å². The van der Waals surface area contributed by atoms with Crippen LogP contribution in [-0.4, -0.2) is 111 Å². The van der Waals surface area contributed by atoms with Crippen LogP contribution in [0.2, 0.25) is 0 Å². The molecule has 0 saturated heterocycles. The van der Waals surface area contributed by atoms with E-state index in [4.69, 9.17) is 0 Å². The third-order valence-corrected chi connectivity index (χ3v) is 4.85. The second-order valence-corrected chi connectivity index (χ2v) is 7.91. The fourth-order valence-corrected chi connectivity index (χ4v) is 2.64. The molecule has 6 amide bonds. The third-order valence-electron chi connectivity index (χ3n) is 4.85. The van der Waals surface area contributed by atoms with Crippen LogP contribution in [0.3, 0.4) is 0 Å². The quantitative estimate of drug-likeness (QED) is 0.0787. The maximum Gasteiger partial charge on any atom is 0.246 e. The van der Waals surface area contributed by atoms with E-state index in [-0.39, 0.29) is 88.6 Å². The molecule has 38 heavy (non-hydrogen) atoms. The van der Waals surface area contributed by atoms with Crippen molar-refractivity contribution in [3.05, 3.63) is 24.3 Å². The van der Waals surface area contributed by atoms with E-state index in [1.807, 2.05) is 0 Å². The van der Waals surface area contributed by atoms with E-state index >= 15 is 0 Å². The maximum absolute atomic E-state index is 11.8. The number of amides is 6. The number of aldehydes is 2. The highest BCUT2D eigenvalue weighted by Crippen LogP contribution is 1.92. The van der Waals surface area contributed by atoms with Gasteiger partial charge in [0, 0.05) is 91.2 Å². The summed E-state index contributed by atoms with van der Waals surface area (Å²) in [5.41, 5.74) is 0. The van der Waals surface area contributed by atoms with Crippen molar-refractivity contribution in [1.82, 2.24) is 31.1 Å². The number of allylic oxidation sites excluding steroid dienone is 2. The van der Waals surface area contributed by atoms with E-state index in [0.717, 1.165) is 24.3 Å². The molecule has 14 nitrogen and oxygen atoms in total. The Labute approximate surface area is 221 Å². The normalized spacial score (nSPS) is 10.5. The highest BCUT2D eigenvalue weighted by Gasteiger charge is 2.10. The summed E-state index contributed by atoms with van der Waals surface area (Å²) in [7, 11) is 3.00. The zero-order valence-corrected chi connectivity index (χ0v) is 21.7. The fourth-order valence-electron chi connectivity index (χ4n) is 2.64. The van der Waals surface area contributed by atoms with Gasteiger partial charge in [-0.05, 0) is 12.2 Å². The van der Waals surface area contributed by atoms with E-state index in [1.165, 1.54) is 23.9 Å². The molecule has 0 aliphatic carbocycles. The Balaban J connectivity index is 3.86. The summed E-state index contributed by atoms with van der Waals surface area (Å²) in [5, 5.41) is 10.4. The van der Waals surface area contributed by atoms with Crippen LogP contribution in [0.25, 0.3) is 0 Å². The molecular weight excluding hydrogens is 500 g/mol. The topological polar surface area (TPSA) is 191 Å². The molecule has 0 unspecified atom stereocenters. The van der Waals surface area contributed by atoms with Crippen LogP contribution in [0.5, 0.6) is 0 Å². The minimum absolute atomic E-state index is 0.0493. The summed E-state index contributed by atoms with van der Waals surface area (Å²) in [6.07, 6.45) is 5.32. The van der Waals surface area contributed by atoms with Gasteiger partial charge in [-0.1, -0.05) is 0 Å². The standard InChI is InChI=1S/C24H36N6O8/c1-29(23(37)5-3-17-31)15-9-21(35)27-13-11-25-19(33)7-8-20(34)26-12-14-28-22(36)10-16-30(2)24(38)6-4-18-32/h3-6,17-18H,7-16H2,1-2H3,(H,25,33)(H,26,34)(H,27,35)(H,28,36)/b5-3-,6-4-. The number of carbonyl (C=O) groups is 8. The Bertz CT molecular complexity index is 830. The summed E-state index contributed by atoms with van der Waals surface area (Å²) in [6, 6.07) is 0. The van der Waals surface area contributed by atoms with Gasteiger partial charge >= 0.3 is 0 Å². The van der Waals surface area contributed by atoms with Crippen molar-refractivity contribution in [2.24, 2.45) is 0 Å². The van der Waals surface area contributed by atoms with E-state index in [0.29, 0.717) is 12.6 Å². The molecule has 0 aliphatic heterocycles. The molecule has 0 fully saturated rings. The molecular formula is C24H36N6O8. The molecule has 210 valence electrons. The third kappa shape index (κ3) is 18.0. The molecule has 0 aromatic heterocycles. The summed E-state index contributed by atoms with van der Waals surface area (Å²) in [5.74, 6) is -2.14. The Morgan fingerprint density at radius 3 is 1.11 bits per heavy atom. The Morgan fingerprint density at radius 1 is 0.526 bits per heavy atom. The molecule has 0 atom stereocenters. The number of carbonyl (C=O) groups excluding carboxylic acids is 8.